The Morgan fingerprint density at radius 3 is 1.90 bits per heavy atom. The molecule has 2 heterocycles. The molecule has 1 N–H and O–H groups in total. The highest BCUT2D eigenvalue weighted by Crippen LogP contribution is 2.40. The lowest BCUT2D eigenvalue weighted by atomic mass is 9.91. The van der Waals surface area contributed by atoms with E-state index in [9.17, 15) is 10.4 Å². The predicted octanol–water partition coefficient (Wildman–Crippen LogP) is 12.2. The van der Waals surface area contributed by atoms with E-state index in [2.05, 4.69) is 121 Å². The summed E-state index contributed by atoms with van der Waals surface area (Å²) in [5, 5.41) is 25.7. The van der Waals surface area contributed by atoms with Crippen LogP contribution in [0.1, 0.15) is 56.2 Å². The van der Waals surface area contributed by atoms with Gasteiger partial charge in [-0.3, -0.25) is 0 Å². The first-order valence-electron chi connectivity index (χ1n) is 17.9. The van der Waals surface area contributed by atoms with E-state index in [1.807, 2.05) is 36.4 Å². The lowest BCUT2D eigenvalue weighted by molar-refractivity contribution is 0.449. The summed E-state index contributed by atoms with van der Waals surface area (Å²) in [6.45, 7) is 6.69. The first-order valence-corrected chi connectivity index (χ1v) is 17.9. The molecule has 0 saturated carbocycles. The molecular weight excluding hydrogens is 611 g/mol. The van der Waals surface area contributed by atoms with Crippen molar-refractivity contribution >= 4 is 43.6 Å². The molecule has 4 heteroatoms. The second-order valence-corrected chi connectivity index (χ2v) is 13.7. The highest BCUT2D eigenvalue weighted by molar-refractivity contribution is 6.10. The molecule has 0 aliphatic rings. The molecule has 0 fully saturated rings. The number of fused-ring (bicyclic) bond motifs is 6. The van der Waals surface area contributed by atoms with Crippen LogP contribution in [-0.2, 0) is 6.42 Å². The molecule has 0 bridgehead atoms. The lowest BCUT2D eigenvalue weighted by Gasteiger charge is -2.16. The topological polar surface area (TPSA) is 53.9 Å². The van der Waals surface area contributed by atoms with Crippen LogP contribution in [0.4, 0.5) is 0 Å². The highest BCUT2D eigenvalue weighted by Gasteiger charge is 2.18. The van der Waals surface area contributed by atoms with Gasteiger partial charge >= 0.3 is 0 Å². The van der Waals surface area contributed by atoms with Crippen LogP contribution in [0.15, 0.2) is 121 Å². The van der Waals surface area contributed by atoms with Gasteiger partial charge in [-0.25, -0.2) is 0 Å². The molecule has 0 radical (unpaired) electrons. The van der Waals surface area contributed by atoms with E-state index in [-0.39, 0.29) is 5.75 Å². The van der Waals surface area contributed by atoms with Gasteiger partial charge in [-0.15, -0.1) is 0 Å². The Hall–Kier alpha value is -5.79. The summed E-state index contributed by atoms with van der Waals surface area (Å²) in [7, 11) is 0. The maximum absolute atomic E-state index is 11.4. The SMILES string of the molecule is CCCCC(CC)Cc1ccc2c(c1)c1ccccc1n2-c1ccc(O)c(-c2cc(-n3c4ccccc4c4cc(C#N)ccc43)ccc2C)c1. The van der Waals surface area contributed by atoms with Gasteiger partial charge in [-0.1, -0.05) is 88.1 Å². The average Bonchev–Trinajstić information content (AvgIpc) is 3.66. The Labute approximate surface area is 293 Å². The summed E-state index contributed by atoms with van der Waals surface area (Å²) in [5.74, 6) is 0.951. The third-order valence-electron chi connectivity index (χ3n) is 10.6. The fourth-order valence-electron chi connectivity index (χ4n) is 7.94. The van der Waals surface area contributed by atoms with E-state index in [4.69, 9.17) is 0 Å². The van der Waals surface area contributed by atoms with Crippen LogP contribution < -0.4 is 0 Å². The zero-order chi connectivity index (χ0) is 34.4. The van der Waals surface area contributed by atoms with Crippen LogP contribution in [0, 0.1) is 24.2 Å². The first kappa shape index (κ1) is 31.5. The van der Waals surface area contributed by atoms with Crippen molar-refractivity contribution < 1.29 is 5.11 Å². The van der Waals surface area contributed by atoms with Crippen molar-refractivity contribution in [2.75, 3.05) is 0 Å². The van der Waals surface area contributed by atoms with Crippen molar-refractivity contribution in [3.63, 3.8) is 0 Å². The van der Waals surface area contributed by atoms with Gasteiger partial charge < -0.3 is 14.2 Å². The molecule has 246 valence electrons. The molecule has 2 aromatic heterocycles. The number of hydrogen-bond acceptors (Lipinski definition) is 2. The van der Waals surface area contributed by atoms with E-state index in [1.165, 1.54) is 47.5 Å². The molecule has 0 aliphatic heterocycles. The van der Waals surface area contributed by atoms with Crippen molar-refractivity contribution in [1.82, 2.24) is 9.13 Å². The number of nitrogens with zero attached hydrogens (tertiary/aromatic N) is 3. The van der Waals surface area contributed by atoms with Crippen LogP contribution in [0.5, 0.6) is 5.75 Å². The van der Waals surface area contributed by atoms with Crippen LogP contribution in [0.3, 0.4) is 0 Å². The van der Waals surface area contributed by atoms with Gasteiger partial charge in [-0.2, -0.15) is 5.26 Å². The molecule has 8 rings (SSSR count). The zero-order valence-electron chi connectivity index (χ0n) is 28.9. The molecule has 4 nitrogen and oxygen atoms in total. The number of hydrogen-bond donors (Lipinski definition) is 1. The monoisotopic (exact) mass is 651 g/mol. The largest absolute Gasteiger partial charge is 0.507 e. The minimum Gasteiger partial charge on any atom is -0.507 e. The normalized spacial score (nSPS) is 12.3. The second kappa shape index (κ2) is 12.9. The van der Waals surface area contributed by atoms with Crippen molar-refractivity contribution in [2.24, 2.45) is 5.92 Å². The number of phenolic OH excluding ortho intramolecular Hbond substituents is 1. The van der Waals surface area contributed by atoms with E-state index in [0.29, 0.717) is 11.5 Å². The molecule has 50 heavy (non-hydrogen) atoms. The minimum atomic E-state index is 0.246. The fourth-order valence-corrected chi connectivity index (χ4v) is 7.94. The lowest BCUT2D eigenvalue weighted by Crippen LogP contribution is -2.03. The number of aromatic hydroxyl groups is 1. The van der Waals surface area contributed by atoms with Gasteiger partial charge in [0.2, 0.25) is 0 Å². The Morgan fingerprint density at radius 1 is 0.640 bits per heavy atom. The van der Waals surface area contributed by atoms with Gasteiger partial charge in [-0.05, 0) is 109 Å². The Kier molecular flexibility index (Phi) is 8.13. The van der Waals surface area contributed by atoms with Crippen LogP contribution in [-0.4, -0.2) is 14.2 Å². The van der Waals surface area contributed by atoms with Crippen molar-refractivity contribution in [3.8, 4) is 34.3 Å². The van der Waals surface area contributed by atoms with Gasteiger partial charge in [0.15, 0.2) is 0 Å². The molecule has 0 aliphatic carbocycles. The number of nitriles is 1. The number of para-hydroxylation sites is 2. The minimum absolute atomic E-state index is 0.246. The second-order valence-electron chi connectivity index (χ2n) is 13.7. The summed E-state index contributed by atoms with van der Waals surface area (Å²) in [6, 6.07) is 44.6. The standard InChI is InChI=1S/C46H41N3O/c1-4-6-11-31(5-2)24-32-17-21-44-39(25-32)36-12-7-9-14-42(36)49(44)35-20-23-46(50)41(28-35)38-27-34(19-16-30(38)3)48-43-15-10-8-13-37(43)40-26-33(29-47)18-22-45(40)48/h7-10,12-23,25-28,31,50H,4-6,11,24H2,1-3H3. The third kappa shape index (κ3) is 5.31. The summed E-state index contributed by atoms with van der Waals surface area (Å²) in [6.07, 6.45) is 6.12. The molecule has 0 saturated heterocycles. The van der Waals surface area contributed by atoms with Gasteiger partial charge in [0.05, 0.1) is 33.7 Å². The maximum atomic E-state index is 11.4. The zero-order valence-corrected chi connectivity index (χ0v) is 28.9. The number of aromatic nitrogens is 2. The molecule has 0 spiro atoms. The van der Waals surface area contributed by atoms with Crippen molar-refractivity contribution in [3.05, 3.63) is 138 Å². The number of benzene rings is 6. The quantitative estimate of drug-likeness (QED) is 0.169. The van der Waals surface area contributed by atoms with Crippen LogP contribution in [0.2, 0.25) is 0 Å². The highest BCUT2D eigenvalue weighted by atomic mass is 16.3. The molecule has 0 amide bonds. The fraction of sp³-hybridized carbons (Fsp3) is 0.196. The Morgan fingerprint density at radius 2 is 1.24 bits per heavy atom. The Balaban J connectivity index is 1.27. The number of phenols is 1. The van der Waals surface area contributed by atoms with E-state index >= 15 is 0 Å². The summed E-state index contributed by atoms with van der Waals surface area (Å²) >= 11 is 0. The van der Waals surface area contributed by atoms with Crippen LogP contribution in [0.25, 0.3) is 66.1 Å². The summed E-state index contributed by atoms with van der Waals surface area (Å²) < 4.78 is 4.59. The van der Waals surface area contributed by atoms with Crippen LogP contribution >= 0.6 is 0 Å². The van der Waals surface area contributed by atoms with Gasteiger partial charge in [0.25, 0.3) is 0 Å². The maximum Gasteiger partial charge on any atom is 0.123 e. The summed E-state index contributed by atoms with van der Waals surface area (Å²) in [4.78, 5) is 0. The van der Waals surface area contributed by atoms with Crippen molar-refractivity contribution in [1.29, 1.82) is 5.26 Å². The molecule has 8 aromatic rings. The third-order valence-corrected chi connectivity index (χ3v) is 10.6. The summed E-state index contributed by atoms with van der Waals surface area (Å²) in [5.41, 5.74) is 11.3. The van der Waals surface area contributed by atoms with E-state index < -0.39 is 0 Å². The molecule has 1 atom stereocenters. The first-order chi connectivity index (χ1) is 24.5. The predicted molar refractivity (Wildman–Crippen MR) is 209 cm³/mol. The molecule has 6 aromatic carbocycles. The van der Waals surface area contributed by atoms with E-state index in [1.54, 1.807) is 0 Å². The van der Waals surface area contributed by atoms with Gasteiger partial charge in [0.1, 0.15) is 5.75 Å². The molecular formula is C46H41N3O. The Bertz CT molecular complexity index is 2600. The van der Waals surface area contributed by atoms with E-state index in [0.717, 1.165) is 61.8 Å². The van der Waals surface area contributed by atoms with Crippen molar-refractivity contribution in [2.45, 2.75) is 52.9 Å². The van der Waals surface area contributed by atoms with Gasteiger partial charge in [0, 0.05) is 38.5 Å². The molecule has 1 unspecified atom stereocenters. The number of aryl methyl sites for hydroxylation is 1. The smallest absolute Gasteiger partial charge is 0.123 e. The number of unbranched alkanes of at least 4 members (excludes halogenated alkanes) is 1. The average molecular weight is 652 g/mol. The number of rotatable bonds is 9.